The SMILES string of the molecule is COC(=O)COC(=O)C(F)(F)F. The van der Waals surface area contributed by atoms with Gasteiger partial charge in [-0.1, -0.05) is 0 Å². The third-order valence-corrected chi connectivity index (χ3v) is 0.780. The second-order valence-electron chi connectivity index (χ2n) is 1.65. The minimum Gasteiger partial charge on any atom is -0.466 e. The summed E-state index contributed by atoms with van der Waals surface area (Å²) in [5.41, 5.74) is 0. The fraction of sp³-hybridized carbons (Fsp3) is 0.600. The Morgan fingerprint density at radius 2 is 1.83 bits per heavy atom. The minimum atomic E-state index is -5.08. The maximum atomic E-state index is 11.4. The molecule has 0 unspecified atom stereocenters. The van der Waals surface area contributed by atoms with Gasteiger partial charge >= 0.3 is 18.1 Å². The van der Waals surface area contributed by atoms with Gasteiger partial charge in [0.2, 0.25) is 0 Å². The van der Waals surface area contributed by atoms with Gasteiger partial charge in [0.05, 0.1) is 7.11 Å². The molecule has 0 radical (unpaired) electrons. The van der Waals surface area contributed by atoms with E-state index in [1.807, 2.05) is 0 Å². The minimum absolute atomic E-state index is 0.962. The maximum Gasteiger partial charge on any atom is 0.490 e. The smallest absolute Gasteiger partial charge is 0.466 e. The van der Waals surface area contributed by atoms with Gasteiger partial charge in [0.1, 0.15) is 0 Å². The quantitative estimate of drug-likeness (QED) is 0.580. The van der Waals surface area contributed by atoms with Crippen LogP contribution in [-0.4, -0.2) is 31.8 Å². The third kappa shape index (κ3) is 3.79. The van der Waals surface area contributed by atoms with Crippen LogP contribution in [0, 0.1) is 0 Å². The lowest BCUT2D eigenvalue weighted by atomic mass is 10.6. The lowest BCUT2D eigenvalue weighted by Gasteiger charge is -2.04. The van der Waals surface area contributed by atoms with Crippen LogP contribution in [0.4, 0.5) is 13.2 Å². The zero-order valence-electron chi connectivity index (χ0n) is 5.97. The van der Waals surface area contributed by atoms with Crippen molar-refractivity contribution >= 4 is 11.9 Å². The molecule has 0 aliphatic rings. The number of carbonyl (C=O) groups excluding carboxylic acids is 2. The lowest BCUT2D eigenvalue weighted by Crippen LogP contribution is -2.27. The Morgan fingerprint density at radius 3 is 2.17 bits per heavy atom. The standard InChI is InChI=1S/C5H5F3O4/c1-11-3(9)2-12-4(10)5(6,7)8/h2H2,1H3. The summed E-state index contributed by atoms with van der Waals surface area (Å²) in [5.74, 6) is -3.46. The molecule has 0 aliphatic carbocycles. The Hall–Kier alpha value is -1.27. The van der Waals surface area contributed by atoms with Crippen molar-refractivity contribution < 1.29 is 32.2 Å². The molecular weight excluding hydrogens is 181 g/mol. The number of hydrogen-bond donors (Lipinski definition) is 0. The van der Waals surface area contributed by atoms with Crippen LogP contribution in [0.15, 0.2) is 0 Å². The largest absolute Gasteiger partial charge is 0.490 e. The Bertz CT molecular complexity index is 186. The number of rotatable bonds is 2. The van der Waals surface area contributed by atoms with E-state index < -0.39 is 24.7 Å². The summed E-state index contributed by atoms with van der Waals surface area (Å²) in [5, 5.41) is 0. The van der Waals surface area contributed by atoms with E-state index in [1.54, 1.807) is 0 Å². The van der Waals surface area contributed by atoms with E-state index in [9.17, 15) is 22.8 Å². The molecule has 0 heterocycles. The summed E-state index contributed by atoms with van der Waals surface area (Å²) in [6.45, 7) is -1.03. The van der Waals surface area contributed by atoms with E-state index >= 15 is 0 Å². The van der Waals surface area contributed by atoms with Gasteiger partial charge in [-0.05, 0) is 0 Å². The average Bonchev–Trinajstić information content (AvgIpc) is 1.97. The zero-order valence-corrected chi connectivity index (χ0v) is 5.97. The van der Waals surface area contributed by atoms with Crippen LogP contribution >= 0.6 is 0 Å². The number of hydrogen-bond acceptors (Lipinski definition) is 4. The van der Waals surface area contributed by atoms with Crippen LogP contribution in [0.25, 0.3) is 0 Å². The van der Waals surface area contributed by atoms with Crippen LogP contribution in [0.5, 0.6) is 0 Å². The highest BCUT2D eigenvalue weighted by Gasteiger charge is 2.41. The maximum absolute atomic E-state index is 11.4. The Balaban J connectivity index is 3.81. The molecular formula is C5H5F3O4. The summed E-state index contributed by atoms with van der Waals surface area (Å²) >= 11 is 0. The molecule has 70 valence electrons. The van der Waals surface area contributed by atoms with Gasteiger partial charge in [-0.2, -0.15) is 13.2 Å². The molecule has 0 bridgehead atoms. The first-order chi connectivity index (χ1) is 5.38. The topological polar surface area (TPSA) is 52.6 Å². The molecule has 0 aromatic heterocycles. The summed E-state index contributed by atoms with van der Waals surface area (Å²) in [7, 11) is 0.962. The van der Waals surface area contributed by atoms with E-state index in [2.05, 4.69) is 9.47 Å². The average molecular weight is 186 g/mol. The van der Waals surface area contributed by atoms with Crippen LogP contribution in [-0.2, 0) is 19.1 Å². The van der Waals surface area contributed by atoms with Crippen LogP contribution in [0.1, 0.15) is 0 Å². The van der Waals surface area contributed by atoms with Crippen molar-refractivity contribution in [2.24, 2.45) is 0 Å². The molecule has 12 heavy (non-hydrogen) atoms. The number of ether oxygens (including phenoxy) is 2. The molecule has 0 aliphatic heterocycles. The number of methoxy groups -OCH3 is 1. The second kappa shape index (κ2) is 3.93. The van der Waals surface area contributed by atoms with Crippen LogP contribution < -0.4 is 0 Å². The van der Waals surface area contributed by atoms with Crippen molar-refractivity contribution in [3.63, 3.8) is 0 Å². The van der Waals surface area contributed by atoms with Crippen molar-refractivity contribution in [3.05, 3.63) is 0 Å². The molecule has 0 saturated carbocycles. The van der Waals surface area contributed by atoms with E-state index in [0.29, 0.717) is 0 Å². The highest BCUT2D eigenvalue weighted by molar-refractivity contribution is 5.79. The summed E-state index contributed by atoms with van der Waals surface area (Å²) in [6.07, 6.45) is -5.08. The fourth-order valence-corrected chi connectivity index (χ4v) is 0.265. The third-order valence-electron chi connectivity index (χ3n) is 0.780. The van der Waals surface area contributed by atoms with Crippen molar-refractivity contribution in [2.45, 2.75) is 6.18 Å². The normalized spacial score (nSPS) is 10.7. The van der Waals surface area contributed by atoms with Crippen LogP contribution in [0.2, 0.25) is 0 Å². The fourth-order valence-electron chi connectivity index (χ4n) is 0.265. The molecule has 4 nitrogen and oxygen atoms in total. The monoisotopic (exact) mass is 186 g/mol. The molecule has 0 fully saturated rings. The molecule has 0 aromatic rings. The molecule has 0 spiro atoms. The summed E-state index contributed by atoms with van der Waals surface area (Å²) in [4.78, 5) is 20.1. The molecule has 7 heteroatoms. The zero-order chi connectivity index (χ0) is 9.78. The van der Waals surface area contributed by atoms with Crippen molar-refractivity contribution in [3.8, 4) is 0 Å². The van der Waals surface area contributed by atoms with Gasteiger partial charge in [-0.15, -0.1) is 0 Å². The predicted octanol–water partition coefficient (Wildman–Crippen LogP) is 0.265. The lowest BCUT2D eigenvalue weighted by molar-refractivity contribution is -0.201. The molecule has 0 atom stereocenters. The van der Waals surface area contributed by atoms with E-state index in [0.717, 1.165) is 7.11 Å². The second-order valence-corrected chi connectivity index (χ2v) is 1.65. The number of alkyl halides is 3. The Kier molecular flexibility index (Phi) is 3.52. The number of halogens is 3. The highest BCUT2D eigenvalue weighted by atomic mass is 19.4. The van der Waals surface area contributed by atoms with Crippen molar-refractivity contribution in [1.29, 1.82) is 0 Å². The summed E-state index contributed by atoms with van der Waals surface area (Å²) in [6, 6.07) is 0. The highest BCUT2D eigenvalue weighted by Crippen LogP contribution is 2.16. The first-order valence-corrected chi connectivity index (χ1v) is 2.68. The number of carbonyl (C=O) groups is 2. The van der Waals surface area contributed by atoms with Gasteiger partial charge in [-0.25, -0.2) is 9.59 Å². The van der Waals surface area contributed by atoms with Crippen molar-refractivity contribution in [2.75, 3.05) is 13.7 Å². The van der Waals surface area contributed by atoms with Gasteiger partial charge in [0.25, 0.3) is 0 Å². The molecule has 0 saturated heterocycles. The molecule has 0 aromatic carbocycles. The Labute approximate surface area is 65.2 Å². The van der Waals surface area contributed by atoms with E-state index in [4.69, 9.17) is 0 Å². The first kappa shape index (κ1) is 10.7. The van der Waals surface area contributed by atoms with E-state index in [1.165, 1.54) is 0 Å². The van der Waals surface area contributed by atoms with Gasteiger partial charge < -0.3 is 9.47 Å². The Morgan fingerprint density at radius 1 is 1.33 bits per heavy atom. The summed E-state index contributed by atoms with van der Waals surface area (Å²) < 4.78 is 41.6. The van der Waals surface area contributed by atoms with Crippen LogP contribution in [0.3, 0.4) is 0 Å². The molecule has 0 amide bonds. The van der Waals surface area contributed by atoms with Gasteiger partial charge in [0.15, 0.2) is 6.61 Å². The molecule has 0 N–H and O–H groups in total. The predicted molar refractivity (Wildman–Crippen MR) is 29.0 cm³/mol. The molecule has 0 rings (SSSR count). The van der Waals surface area contributed by atoms with Gasteiger partial charge in [-0.3, -0.25) is 0 Å². The first-order valence-electron chi connectivity index (χ1n) is 2.68. The number of esters is 2. The van der Waals surface area contributed by atoms with E-state index in [-0.39, 0.29) is 0 Å². The van der Waals surface area contributed by atoms with Crippen molar-refractivity contribution in [1.82, 2.24) is 0 Å². The van der Waals surface area contributed by atoms with Gasteiger partial charge in [0, 0.05) is 0 Å².